The predicted molar refractivity (Wildman–Crippen MR) is 109 cm³/mol. The van der Waals surface area contributed by atoms with Gasteiger partial charge < -0.3 is 14.9 Å². The molecule has 0 aliphatic carbocycles. The number of aliphatic carboxylic acids is 1. The van der Waals surface area contributed by atoms with E-state index in [1.165, 1.54) is 11.3 Å². The molecule has 14 heteroatoms. The van der Waals surface area contributed by atoms with Gasteiger partial charge in [-0.3, -0.25) is 4.79 Å². The highest BCUT2D eigenvalue weighted by atomic mass is 32.1. The molecule has 2 aromatic heterocycles. The minimum atomic E-state index is -4.52. The van der Waals surface area contributed by atoms with Crippen LogP contribution in [-0.4, -0.2) is 62.4 Å². The topological polar surface area (TPSA) is 100 Å². The number of nitrogens with zero attached hydrogens (tertiary/aromatic N) is 7. The number of benzene rings is 1. The zero-order chi connectivity index (χ0) is 23.3. The highest BCUT2D eigenvalue weighted by Crippen LogP contribution is 2.40. The molecule has 1 aromatic carbocycles. The lowest BCUT2D eigenvalue weighted by molar-refractivity contribution is -0.138. The van der Waals surface area contributed by atoms with E-state index in [-0.39, 0.29) is 23.3 Å². The summed E-state index contributed by atoms with van der Waals surface area (Å²) in [5.41, 5.74) is -0.875. The van der Waals surface area contributed by atoms with Gasteiger partial charge in [-0.25, -0.2) is 9.37 Å². The van der Waals surface area contributed by atoms with Gasteiger partial charge in [0.2, 0.25) is 5.82 Å². The van der Waals surface area contributed by atoms with Crippen LogP contribution in [0.2, 0.25) is 0 Å². The molecule has 2 atom stereocenters. The first-order valence-corrected chi connectivity index (χ1v) is 10.8. The smallest absolute Gasteiger partial charge is 0.416 e. The Labute approximate surface area is 188 Å². The van der Waals surface area contributed by atoms with Crippen LogP contribution in [0.25, 0.3) is 10.7 Å². The van der Waals surface area contributed by atoms with Crippen LogP contribution in [0.5, 0.6) is 0 Å². The number of rotatable bonds is 5. The van der Waals surface area contributed by atoms with E-state index in [2.05, 4.69) is 25.3 Å². The Balaban J connectivity index is 1.26. The third-order valence-electron chi connectivity index (χ3n) is 5.81. The Morgan fingerprint density at radius 3 is 2.52 bits per heavy atom. The lowest BCUT2D eigenvalue weighted by atomic mass is 10.0. The second-order valence-electron chi connectivity index (χ2n) is 8.04. The minimum Gasteiger partial charge on any atom is -0.480 e. The van der Waals surface area contributed by atoms with Crippen molar-refractivity contribution in [1.29, 1.82) is 0 Å². The fraction of sp³-hybridized carbons (Fsp3) is 0.421. The van der Waals surface area contributed by atoms with Crippen LogP contribution in [0, 0.1) is 17.7 Å². The molecule has 0 radical (unpaired) electrons. The van der Waals surface area contributed by atoms with E-state index in [1.807, 2.05) is 0 Å². The lowest BCUT2D eigenvalue weighted by Gasteiger charge is -2.24. The average molecular weight is 483 g/mol. The number of carbonyl (C=O) groups is 1. The molecule has 0 saturated carbocycles. The third kappa shape index (κ3) is 4.21. The van der Waals surface area contributed by atoms with Crippen LogP contribution in [0.4, 0.5) is 28.4 Å². The maximum Gasteiger partial charge on any atom is 0.416 e. The van der Waals surface area contributed by atoms with Gasteiger partial charge in [0, 0.05) is 38.0 Å². The fourth-order valence-corrected chi connectivity index (χ4v) is 5.18. The molecule has 0 spiro atoms. The largest absolute Gasteiger partial charge is 0.480 e. The summed E-state index contributed by atoms with van der Waals surface area (Å²) in [6.45, 7) is 1.82. The molecule has 5 rings (SSSR count). The van der Waals surface area contributed by atoms with Crippen molar-refractivity contribution in [3.8, 4) is 10.7 Å². The Morgan fingerprint density at radius 2 is 1.85 bits per heavy atom. The number of carboxylic acid groups (broad SMARTS) is 1. The molecule has 0 amide bonds. The molecule has 2 aliphatic heterocycles. The van der Waals surface area contributed by atoms with Gasteiger partial charge in [0.25, 0.3) is 0 Å². The van der Waals surface area contributed by atoms with Crippen LogP contribution in [0.15, 0.2) is 24.4 Å². The van der Waals surface area contributed by atoms with E-state index in [4.69, 9.17) is 5.11 Å². The van der Waals surface area contributed by atoms with E-state index in [0.29, 0.717) is 31.1 Å². The Hall–Kier alpha value is -3.29. The van der Waals surface area contributed by atoms with Crippen molar-refractivity contribution in [3.05, 3.63) is 35.8 Å². The first-order valence-electron chi connectivity index (χ1n) is 10.00. The summed E-state index contributed by atoms with van der Waals surface area (Å²) in [6.07, 6.45) is -2.92. The van der Waals surface area contributed by atoms with Crippen LogP contribution in [0.3, 0.4) is 0 Å². The van der Waals surface area contributed by atoms with Gasteiger partial charge in [0.15, 0.2) is 11.7 Å². The predicted octanol–water partition coefficient (Wildman–Crippen LogP) is 2.61. The van der Waals surface area contributed by atoms with Crippen molar-refractivity contribution in [1.82, 2.24) is 25.2 Å². The fourth-order valence-electron chi connectivity index (χ4n) is 4.32. The van der Waals surface area contributed by atoms with Crippen molar-refractivity contribution in [3.63, 3.8) is 0 Å². The molecule has 33 heavy (non-hydrogen) atoms. The Bertz CT molecular complexity index is 1180. The average Bonchev–Trinajstić information content (AvgIpc) is 3.49. The van der Waals surface area contributed by atoms with E-state index < -0.39 is 30.1 Å². The van der Waals surface area contributed by atoms with Crippen molar-refractivity contribution in [2.45, 2.75) is 12.7 Å². The second-order valence-corrected chi connectivity index (χ2v) is 9.05. The SMILES string of the molecule is O=C(O)Cn1nnc(-c2cnc(N3CC4CN(c5cc(C(F)(F)F)ccc5F)CC4C3)s2)n1. The number of fused-ring (bicyclic) bond motifs is 1. The molecule has 2 fully saturated rings. The Morgan fingerprint density at radius 1 is 1.15 bits per heavy atom. The van der Waals surface area contributed by atoms with E-state index >= 15 is 0 Å². The first kappa shape index (κ1) is 21.6. The van der Waals surface area contributed by atoms with Crippen LogP contribution in [-0.2, 0) is 17.5 Å². The number of thiazole rings is 1. The maximum atomic E-state index is 14.3. The number of halogens is 4. The lowest BCUT2D eigenvalue weighted by Crippen LogP contribution is -2.29. The minimum absolute atomic E-state index is 0.0159. The molecule has 3 aromatic rings. The standard InChI is InChI=1S/C19H17F4N7O2S/c20-13-2-1-12(19(21,22)23)3-14(13)28-5-10-7-29(8-11(10)6-28)18-24-4-15(33-18)17-25-27-30(26-17)9-16(31)32/h1-4,10-11H,5-9H2,(H,31,32). The van der Waals surface area contributed by atoms with Gasteiger partial charge in [-0.15, -0.1) is 10.2 Å². The summed E-state index contributed by atoms with van der Waals surface area (Å²) in [4.78, 5) is 20.6. The zero-order valence-corrected chi connectivity index (χ0v) is 17.7. The molecule has 174 valence electrons. The second kappa shape index (κ2) is 7.93. The highest BCUT2D eigenvalue weighted by molar-refractivity contribution is 7.18. The number of hydrogen-bond donors (Lipinski definition) is 1. The zero-order valence-electron chi connectivity index (χ0n) is 16.9. The summed E-state index contributed by atoms with van der Waals surface area (Å²) in [5.74, 6) is -1.12. The summed E-state index contributed by atoms with van der Waals surface area (Å²) < 4.78 is 53.4. The quantitative estimate of drug-likeness (QED) is 0.553. The molecular weight excluding hydrogens is 466 g/mol. The summed E-state index contributed by atoms with van der Waals surface area (Å²) in [6, 6.07) is 2.51. The maximum absolute atomic E-state index is 14.3. The summed E-state index contributed by atoms with van der Waals surface area (Å²) in [7, 11) is 0. The van der Waals surface area contributed by atoms with Gasteiger partial charge in [0.1, 0.15) is 5.82 Å². The third-order valence-corrected chi connectivity index (χ3v) is 6.87. The summed E-state index contributed by atoms with van der Waals surface area (Å²) >= 11 is 1.35. The molecule has 2 unspecified atom stereocenters. The first-order chi connectivity index (χ1) is 15.7. The van der Waals surface area contributed by atoms with Crippen molar-refractivity contribution in [2.24, 2.45) is 11.8 Å². The number of hydrogen-bond acceptors (Lipinski definition) is 8. The van der Waals surface area contributed by atoms with Crippen molar-refractivity contribution in [2.75, 3.05) is 36.0 Å². The number of anilines is 2. The summed E-state index contributed by atoms with van der Waals surface area (Å²) in [5, 5.41) is 21.2. The molecule has 9 nitrogen and oxygen atoms in total. The van der Waals surface area contributed by atoms with Crippen molar-refractivity contribution < 1.29 is 27.5 Å². The van der Waals surface area contributed by atoms with Crippen LogP contribution in [0.1, 0.15) is 5.56 Å². The van der Waals surface area contributed by atoms with E-state index in [1.54, 1.807) is 11.1 Å². The van der Waals surface area contributed by atoms with E-state index in [0.717, 1.165) is 28.1 Å². The number of carboxylic acids is 1. The normalized spacial score (nSPS) is 20.5. The van der Waals surface area contributed by atoms with Gasteiger partial charge in [-0.2, -0.15) is 18.0 Å². The highest BCUT2D eigenvalue weighted by Gasteiger charge is 2.42. The molecular formula is C19H17F4N7O2S. The molecule has 2 aliphatic rings. The van der Waals surface area contributed by atoms with Crippen LogP contribution >= 0.6 is 11.3 Å². The molecule has 4 heterocycles. The number of alkyl halides is 3. The van der Waals surface area contributed by atoms with E-state index in [9.17, 15) is 22.4 Å². The van der Waals surface area contributed by atoms with Gasteiger partial charge >= 0.3 is 12.1 Å². The van der Waals surface area contributed by atoms with Gasteiger partial charge in [-0.05, 0) is 23.4 Å². The Kier molecular flexibility index (Phi) is 5.18. The molecule has 1 N–H and O–H groups in total. The number of aromatic nitrogens is 5. The monoisotopic (exact) mass is 483 g/mol. The van der Waals surface area contributed by atoms with Crippen LogP contribution < -0.4 is 9.80 Å². The van der Waals surface area contributed by atoms with Gasteiger partial charge in [-0.1, -0.05) is 11.3 Å². The van der Waals surface area contributed by atoms with Gasteiger partial charge in [0.05, 0.1) is 22.3 Å². The number of tetrazole rings is 1. The van der Waals surface area contributed by atoms with Crippen molar-refractivity contribution >= 4 is 28.1 Å². The molecule has 2 saturated heterocycles. The molecule has 0 bridgehead atoms.